The van der Waals surface area contributed by atoms with Crippen LogP contribution in [0.5, 0.6) is 0 Å². The first-order valence-corrected chi connectivity index (χ1v) is 5.46. The average molecular weight is 231 g/mol. The van der Waals surface area contributed by atoms with Crippen molar-refractivity contribution in [2.45, 2.75) is 43.8 Å². The Bertz CT molecular complexity index is 284. The van der Waals surface area contributed by atoms with Crippen LogP contribution in [-0.4, -0.2) is 69.7 Å². The highest BCUT2D eigenvalue weighted by Crippen LogP contribution is 2.31. The number of aliphatic hydroxyl groups excluding tert-OH is 3. The van der Waals surface area contributed by atoms with Crippen LogP contribution in [0.4, 0.5) is 0 Å². The predicted octanol–water partition coefficient (Wildman–Crippen LogP) is -1.91. The summed E-state index contributed by atoms with van der Waals surface area (Å²) in [4.78, 5) is 12.9. The number of likely N-dealkylation sites (tertiary alicyclic amines) is 1. The third-order valence-electron chi connectivity index (χ3n) is 3.41. The van der Waals surface area contributed by atoms with Crippen LogP contribution in [0, 0.1) is 0 Å². The normalized spacial score (nSPS) is 43.2. The molecule has 6 nitrogen and oxygen atoms in total. The Kier molecular flexibility index (Phi) is 3.16. The molecule has 0 bridgehead atoms. The van der Waals surface area contributed by atoms with Gasteiger partial charge in [0.15, 0.2) is 0 Å². The zero-order valence-corrected chi connectivity index (χ0v) is 9.11. The van der Waals surface area contributed by atoms with E-state index in [9.17, 15) is 15.0 Å². The third-order valence-corrected chi connectivity index (χ3v) is 3.41. The first-order valence-electron chi connectivity index (χ1n) is 5.46. The predicted molar refractivity (Wildman–Crippen MR) is 53.6 cm³/mol. The number of carbonyl (C=O) groups is 1. The van der Waals surface area contributed by atoms with Gasteiger partial charge in [-0.2, -0.15) is 0 Å². The summed E-state index contributed by atoms with van der Waals surface area (Å²) in [6, 6.07) is -0.490. The van der Waals surface area contributed by atoms with E-state index in [0.717, 1.165) is 0 Å². The molecule has 0 aliphatic carbocycles. The highest BCUT2D eigenvalue weighted by Gasteiger charge is 2.50. The smallest absolute Gasteiger partial charge is 0.219 e. The number of rotatable bonds is 1. The Morgan fingerprint density at radius 1 is 1.44 bits per heavy atom. The Morgan fingerprint density at radius 3 is 2.69 bits per heavy atom. The van der Waals surface area contributed by atoms with Gasteiger partial charge in [0.25, 0.3) is 0 Å². The molecule has 2 saturated heterocycles. The van der Waals surface area contributed by atoms with Gasteiger partial charge in [0.2, 0.25) is 5.91 Å². The van der Waals surface area contributed by atoms with E-state index in [2.05, 4.69) is 0 Å². The molecule has 2 aliphatic heterocycles. The molecule has 0 aromatic heterocycles. The van der Waals surface area contributed by atoms with Crippen molar-refractivity contribution in [2.75, 3.05) is 13.2 Å². The van der Waals surface area contributed by atoms with Crippen LogP contribution < -0.4 is 0 Å². The van der Waals surface area contributed by atoms with Gasteiger partial charge in [-0.05, 0) is 6.42 Å². The second kappa shape index (κ2) is 4.29. The van der Waals surface area contributed by atoms with Gasteiger partial charge in [-0.25, -0.2) is 0 Å². The van der Waals surface area contributed by atoms with Crippen LogP contribution in [0.3, 0.4) is 0 Å². The standard InChI is InChI=1S/C10H17NO5/c1-5(13)11-3-2-6-8(11)10(15)9(14)7(4-12)16-6/h6-10,12,14-15H,2-4H2,1H3/t6-,7?,8+,9+,10-/m1/s1. The molecule has 2 fully saturated rings. The number of ether oxygens (including phenoxy) is 1. The molecular weight excluding hydrogens is 214 g/mol. The van der Waals surface area contributed by atoms with E-state index in [4.69, 9.17) is 9.84 Å². The van der Waals surface area contributed by atoms with Crippen molar-refractivity contribution in [3.05, 3.63) is 0 Å². The molecule has 0 spiro atoms. The summed E-state index contributed by atoms with van der Waals surface area (Å²) in [5.41, 5.74) is 0. The maximum atomic E-state index is 11.3. The summed E-state index contributed by atoms with van der Waals surface area (Å²) < 4.78 is 5.47. The van der Waals surface area contributed by atoms with E-state index in [-0.39, 0.29) is 18.6 Å². The monoisotopic (exact) mass is 231 g/mol. The molecule has 3 N–H and O–H groups in total. The minimum absolute atomic E-state index is 0.134. The van der Waals surface area contributed by atoms with E-state index in [1.54, 1.807) is 0 Å². The first-order chi connectivity index (χ1) is 7.56. The lowest BCUT2D eigenvalue weighted by atomic mass is 9.93. The molecule has 0 saturated carbocycles. The molecule has 2 aliphatic rings. The van der Waals surface area contributed by atoms with Crippen LogP contribution >= 0.6 is 0 Å². The topological polar surface area (TPSA) is 90.2 Å². The van der Waals surface area contributed by atoms with Gasteiger partial charge in [0.05, 0.1) is 18.8 Å². The van der Waals surface area contributed by atoms with Crippen molar-refractivity contribution in [1.82, 2.24) is 4.90 Å². The van der Waals surface area contributed by atoms with Gasteiger partial charge in [-0.15, -0.1) is 0 Å². The molecule has 1 amide bonds. The summed E-state index contributed by atoms with van der Waals surface area (Å²) in [5.74, 6) is -0.134. The summed E-state index contributed by atoms with van der Waals surface area (Å²) in [6.07, 6.45) is -2.62. The Balaban J connectivity index is 2.17. The first kappa shape index (κ1) is 11.8. The number of nitrogens with zero attached hydrogens (tertiary/aromatic N) is 1. The number of hydrogen-bond acceptors (Lipinski definition) is 5. The molecule has 0 aromatic rings. The Morgan fingerprint density at radius 2 is 2.12 bits per heavy atom. The zero-order chi connectivity index (χ0) is 11.9. The fourth-order valence-corrected chi connectivity index (χ4v) is 2.59. The molecule has 2 heterocycles. The second-order valence-corrected chi connectivity index (χ2v) is 4.37. The maximum Gasteiger partial charge on any atom is 0.219 e. The van der Waals surface area contributed by atoms with Crippen LogP contribution in [0.1, 0.15) is 13.3 Å². The quantitative estimate of drug-likeness (QED) is 0.490. The molecule has 1 unspecified atom stereocenters. The van der Waals surface area contributed by atoms with Gasteiger partial charge < -0.3 is 25.0 Å². The SMILES string of the molecule is CC(=O)N1CC[C@H]2OC(CO)[C@H](O)[C@H](O)[C@H]21. The second-order valence-electron chi connectivity index (χ2n) is 4.37. The number of amides is 1. The lowest BCUT2D eigenvalue weighted by molar-refractivity contribution is -0.198. The van der Waals surface area contributed by atoms with Crippen molar-refractivity contribution in [3.63, 3.8) is 0 Å². The van der Waals surface area contributed by atoms with Crippen molar-refractivity contribution in [3.8, 4) is 0 Å². The van der Waals surface area contributed by atoms with E-state index in [1.165, 1.54) is 11.8 Å². The fourth-order valence-electron chi connectivity index (χ4n) is 2.59. The van der Waals surface area contributed by atoms with Crippen LogP contribution in [0.2, 0.25) is 0 Å². The van der Waals surface area contributed by atoms with Gasteiger partial charge >= 0.3 is 0 Å². The highest BCUT2D eigenvalue weighted by molar-refractivity contribution is 5.74. The molecule has 92 valence electrons. The average Bonchev–Trinajstić information content (AvgIpc) is 2.67. The minimum Gasteiger partial charge on any atom is -0.394 e. The van der Waals surface area contributed by atoms with Gasteiger partial charge in [-0.3, -0.25) is 4.79 Å². The number of fused-ring (bicyclic) bond motifs is 1. The number of hydrogen-bond donors (Lipinski definition) is 3. The zero-order valence-electron chi connectivity index (χ0n) is 9.11. The number of carbonyl (C=O) groups excluding carboxylic acids is 1. The fraction of sp³-hybridized carbons (Fsp3) is 0.900. The Labute approximate surface area is 93.4 Å². The molecule has 0 radical (unpaired) electrons. The van der Waals surface area contributed by atoms with Crippen molar-refractivity contribution < 1.29 is 24.9 Å². The largest absolute Gasteiger partial charge is 0.394 e. The van der Waals surface area contributed by atoms with Crippen molar-refractivity contribution >= 4 is 5.91 Å². The summed E-state index contributed by atoms with van der Waals surface area (Å²) >= 11 is 0. The maximum absolute atomic E-state index is 11.3. The lowest BCUT2D eigenvalue weighted by Gasteiger charge is -2.41. The minimum atomic E-state index is -1.15. The van der Waals surface area contributed by atoms with Crippen LogP contribution in [0.15, 0.2) is 0 Å². The highest BCUT2D eigenvalue weighted by atomic mass is 16.5. The summed E-state index contributed by atoms with van der Waals surface area (Å²) in [6.45, 7) is 1.62. The van der Waals surface area contributed by atoms with E-state index < -0.39 is 24.4 Å². The van der Waals surface area contributed by atoms with Crippen molar-refractivity contribution in [1.29, 1.82) is 0 Å². The number of aliphatic hydroxyl groups is 3. The molecule has 0 aromatic carbocycles. The van der Waals surface area contributed by atoms with E-state index >= 15 is 0 Å². The Hall–Kier alpha value is -0.690. The van der Waals surface area contributed by atoms with Crippen molar-refractivity contribution in [2.24, 2.45) is 0 Å². The van der Waals surface area contributed by atoms with E-state index in [0.29, 0.717) is 13.0 Å². The molecule has 16 heavy (non-hydrogen) atoms. The van der Waals surface area contributed by atoms with Gasteiger partial charge in [0, 0.05) is 13.5 Å². The molecular formula is C10H17NO5. The van der Waals surface area contributed by atoms with Gasteiger partial charge in [0.1, 0.15) is 18.3 Å². The molecule has 6 heteroatoms. The summed E-state index contributed by atoms with van der Waals surface area (Å²) in [7, 11) is 0. The molecule has 5 atom stereocenters. The van der Waals surface area contributed by atoms with Crippen LogP contribution in [0.25, 0.3) is 0 Å². The van der Waals surface area contributed by atoms with E-state index in [1.807, 2.05) is 0 Å². The third kappa shape index (κ3) is 1.71. The van der Waals surface area contributed by atoms with Crippen LogP contribution in [-0.2, 0) is 9.53 Å². The summed E-state index contributed by atoms with van der Waals surface area (Å²) in [5, 5.41) is 28.6. The molecule has 2 rings (SSSR count). The van der Waals surface area contributed by atoms with Gasteiger partial charge in [-0.1, -0.05) is 0 Å². The lowest BCUT2D eigenvalue weighted by Crippen LogP contribution is -2.61.